The predicted molar refractivity (Wildman–Crippen MR) is 123 cm³/mol. The lowest BCUT2D eigenvalue weighted by atomic mass is 10.2. The zero-order valence-electron chi connectivity index (χ0n) is 18.5. The first-order valence-electron chi connectivity index (χ1n) is 10.2. The third-order valence-corrected chi connectivity index (χ3v) is 5.82. The number of thioether (sulfide) groups is 1. The molecule has 1 aromatic heterocycles. The Labute approximate surface area is 191 Å². The highest BCUT2D eigenvalue weighted by Gasteiger charge is 2.18. The number of nitrogens with zero attached hydrogens (tertiary/aromatic N) is 3. The van der Waals surface area contributed by atoms with Crippen molar-refractivity contribution in [1.82, 2.24) is 14.8 Å². The number of aromatic nitrogens is 3. The van der Waals surface area contributed by atoms with E-state index in [9.17, 15) is 9.59 Å². The number of nitrogens with one attached hydrogen (secondary N) is 1. The molecule has 1 atom stereocenters. The monoisotopic (exact) mass is 454 g/mol. The second-order valence-electron chi connectivity index (χ2n) is 7.06. The molecule has 1 amide bonds. The average Bonchev–Trinajstić information content (AvgIpc) is 3.18. The van der Waals surface area contributed by atoms with Gasteiger partial charge in [-0.15, -0.1) is 10.2 Å². The second kappa shape index (κ2) is 10.8. The first-order chi connectivity index (χ1) is 15.4. The number of esters is 1. The minimum atomic E-state index is -0.423. The fraction of sp³-hybridized carbons (Fsp3) is 0.304. The third-order valence-electron chi connectivity index (χ3n) is 4.80. The summed E-state index contributed by atoms with van der Waals surface area (Å²) >= 11 is 1.28. The lowest BCUT2D eigenvalue weighted by Gasteiger charge is -2.14. The van der Waals surface area contributed by atoms with Gasteiger partial charge in [0, 0.05) is 12.7 Å². The van der Waals surface area contributed by atoms with Crippen LogP contribution in [-0.2, 0) is 23.0 Å². The number of hydrogen-bond acceptors (Lipinski definition) is 7. The molecule has 0 fully saturated rings. The zero-order valence-corrected chi connectivity index (χ0v) is 19.3. The Morgan fingerprint density at radius 3 is 2.41 bits per heavy atom. The summed E-state index contributed by atoms with van der Waals surface area (Å²) in [5, 5.41) is 11.8. The maximum atomic E-state index is 12.3. The van der Waals surface area contributed by atoms with Crippen molar-refractivity contribution in [2.75, 3.05) is 18.2 Å². The molecule has 0 radical (unpaired) electrons. The number of rotatable bonds is 9. The van der Waals surface area contributed by atoms with E-state index < -0.39 is 5.97 Å². The van der Waals surface area contributed by atoms with Gasteiger partial charge in [-0.05, 0) is 55.3 Å². The number of carbonyl (C=O) groups is 2. The van der Waals surface area contributed by atoms with Crippen LogP contribution in [0.25, 0.3) is 0 Å². The lowest BCUT2D eigenvalue weighted by Crippen LogP contribution is -2.15. The van der Waals surface area contributed by atoms with E-state index in [0.717, 1.165) is 12.2 Å². The van der Waals surface area contributed by atoms with Crippen LogP contribution < -0.4 is 10.1 Å². The van der Waals surface area contributed by atoms with Crippen LogP contribution in [0.5, 0.6) is 5.75 Å². The second-order valence-corrected chi connectivity index (χ2v) is 8.01. The van der Waals surface area contributed by atoms with Crippen LogP contribution in [0.15, 0.2) is 53.7 Å². The Hall–Kier alpha value is -3.33. The molecule has 3 aromatic rings. The number of methoxy groups -OCH3 is 1. The van der Waals surface area contributed by atoms with Gasteiger partial charge in [0.2, 0.25) is 5.91 Å². The SMILES string of the molecule is CCc1ccc(O[C@@H](C)c2nnc(SCC(=O)Nc3ccc(C(=O)OC)cc3)n2C)cc1. The first kappa shape index (κ1) is 23.3. The summed E-state index contributed by atoms with van der Waals surface area (Å²) in [7, 11) is 3.17. The summed E-state index contributed by atoms with van der Waals surface area (Å²) in [4.78, 5) is 23.8. The Morgan fingerprint density at radius 1 is 1.09 bits per heavy atom. The smallest absolute Gasteiger partial charge is 0.337 e. The molecule has 0 saturated heterocycles. The fourth-order valence-electron chi connectivity index (χ4n) is 3.00. The minimum absolute atomic E-state index is 0.165. The minimum Gasteiger partial charge on any atom is -0.483 e. The topological polar surface area (TPSA) is 95.3 Å². The van der Waals surface area contributed by atoms with Crippen molar-refractivity contribution >= 4 is 29.3 Å². The number of carbonyl (C=O) groups excluding carboxylic acids is 2. The number of hydrogen-bond donors (Lipinski definition) is 1. The van der Waals surface area contributed by atoms with Crippen LogP contribution in [0, 0.1) is 0 Å². The van der Waals surface area contributed by atoms with E-state index in [-0.39, 0.29) is 17.8 Å². The van der Waals surface area contributed by atoms with Gasteiger partial charge < -0.3 is 19.4 Å². The molecular weight excluding hydrogens is 428 g/mol. The van der Waals surface area contributed by atoms with Crippen molar-refractivity contribution < 1.29 is 19.1 Å². The van der Waals surface area contributed by atoms with Crippen molar-refractivity contribution in [3.63, 3.8) is 0 Å². The van der Waals surface area contributed by atoms with Crippen LogP contribution in [0.2, 0.25) is 0 Å². The largest absolute Gasteiger partial charge is 0.483 e. The maximum absolute atomic E-state index is 12.3. The summed E-state index contributed by atoms with van der Waals surface area (Å²) in [6, 6.07) is 14.5. The molecule has 2 aromatic carbocycles. The van der Waals surface area contributed by atoms with E-state index >= 15 is 0 Å². The lowest BCUT2D eigenvalue weighted by molar-refractivity contribution is -0.113. The molecule has 1 N–H and O–H groups in total. The Bertz CT molecular complexity index is 1060. The van der Waals surface area contributed by atoms with Gasteiger partial charge in [-0.25, -0.2) is 4.79 Å². The van der Waals surface area contributed by atoms with Gasteiger partial charge in [0.15, 0.2) is 17.1 Å². The summed E-state index contributed by atoms with van der Waals surface area (Å²) in [5.41, 5.74) is 2.27. The van der Waals surface area contributed by atoms with E-state index in [1.165, 1.54) is 24.4 Å². The van der Waals surface area contributed by atoms with E-state index in [0.29, 0.717) is 22.2 Å². The summed E-state index contributed by atoms with van der Waals surface area (Å²) in [5.74, 6) is 0.993. The molecule has 0 aliphatic rings. The summed E-state index contributed by atoms with van der Waals surface area (Å²) in [6.45, 7) is 4.02. The quantitative estimate of drug-likeness (QED) is 0.385. The Balaban J connectivity index is 1.54. The normalized spacial score (nSPS) is 11.6. The van der Waals surface area contributed by atoms with Crippen molar-refractivity contribution in [1.29, 1.82) is 0 Å². The predicted octanol–water partition coefficient (Wildman–Crippen LogP) is 4.03. The van der Waals surface area contributed by atoms with Gasteiger partial charge in [0.1, 0.15) is 5.75 Å². The number of amides is 1. The molecule has 0 aliphatic heterocycles. The molecule has 0 unspecified atom stereocenters. The van der Waals surface area contributed by atoms with E-state index in [1.54, 1.807) is 24.3 Å². The highest BCUT2D eigenvalue weighted by Crippen LogP contribution is 2.24. The van der Waals surface area contributed by atoms with Crippen LogP contribution in [-0.4, -0.2) is 39.5 Å². The standard InChI is InChI=1S/C23H26N4O4S/c1-5-16-6-12-19(13-7-16)31-15(2)21-25-26-23(27(21)3)32-14-20(28)24-18-10-8-17(9-11-18)22(29)30-4/h6-13,15H,5,14H2,1-4H3,(H,24,28)/t15-/m0/s1. The number of anilines is 1. The van der Waals surface area contributed by atoms with Gasteiger partial charge in [-0.2, -0.15) is 0 Å². The molecule has 168 valence electrons. The zero-order chi connectivity index (χ0) is 23.1. The number of ether oxygens (including phenoxy) is 2. The van der Waals surface area contributed by atoms with Crippen molar-refractivity contribution in [3.8, 4) is 5.75 Å². The van der Waals surface area contributed by atoms with E-state index in [2.05, 4.69) is 27.2 Å². The summed E-state index contributed by atoms with van der Waals surface area (Å²) in [6.07, 6.45) is 0.683. The van der Waals surface area contributed by atoms with E-state index in [1.807, 2.05) is 42.8 Å². The van der Waals surface area contributed by atoms with Crippen molar-refractivity contribution in [2.45, 2.75) is 31.5 Å². The van der Waals surface area contributed by atoms with Gasteiger partial charge in [0.25, 0.3) is 0 Å². The Morgan fingerprint density at radius 2 is 1.78 bits per heavy atom. The molecule has 9 heteroatoms. The summed E-state index contributed by atoms with van der Waals surface area (Å²) < 4.78 is 12.5. The molecule has 1 heterocycles. The van der Waals surface area contributed by atoms with Crippen LogP contribution in [0.3, 0.4) is 0 Å². The maximum Gasteiger partial charge on any atom is 0.337 e. The highest BCUT2D eigenvalue weighted by molar-refractivity contribution is 7.99. The van der Waals surface area contributed by atoms with Crippen LogP contribution >= 0.6 is 11.8 Å². The number of benzene rings is 2. The Kier molecular flexibility index (Phi) is 7.88. The fourth-order valence-corrected chi connectivity index (χ4v) is 3.72. The van der Waals surface area contributed by atoms with Crippen molar-refractivity contribution in [3.05, 3.63) is 65.5 Å². The molecule has 8 nitrogen and oxygen atoms in total. The molecular formula is C23H26N4O4S. The van der Waals surface area contributed by atoms with Crippen LogP contribution in [0.4, 0.5) is 5.69 Å². The van der Waals surface area contributed by atoms with Gasteiger partial charge in [-0.1, -0.05) is 30.8 Å². The molecule has 3 rings (SSSR count). The highest BCUT2D eigenvalue weighted by atomic mass is 32.2. The molecule has 0 spiro atoms. The number of aryl methyl sites for hydroxylation is 1. The molecule has 0 aliphatic carbocycles. The molecule has 0 saturated carbocycles. The van der Waals surface area contributed by atoms with Gasteiger partial charge >= 0.3 is 5.97 Å². The van der Waals surface area contributed by atoms with Crippen molar-refractivity contribution in [2.24, 2.45) is 7.05 Å². The van der Waals surface area contributed by atoms with Crippen LogP contribution in [0.1, 0.15) is 41.7 Å². The molecule has 32 heavy (non-hydrogen) atoms. The van der Waals surface area contributed by atoms with Gasteiger partial charge in [0.05, 0.1) is 18.4 Å². The third kappa shape index (κ3) is 5.88. The average molecular weight is 455 g/mol. The molecule has 0 bridgehead atoms. The van der Waals surface area contributed by atoms with E-state index in [4.69, 9.17) is 4.74 Å². The van der Waals surface area contributed by atoms with Gasteiger partial charge in [-0.3, -0.25) is 4.79 Å². The first-order valence-corrected chi connectivity index (χ1v) is 11.2.